The molecule has 4 heterocycles. The predicted molar refractivity (Wildman–Crippen MR) is 333 cm³/mol. The molecule has 2 aromatic rings. The smallest absolute Gasteiger partial charge is 0.329 e. The summed E-state index contributed by atoms with van der Waals surface area (Å²) < 4.78 is 0.726. The number of carbonyl (C=O) groups excluding carboxylic acids is 9. The Balaban J connectivity index is 0.991. The predicted octanol–water partition coefficient (Wildman–Crippen LogP) is 0.429. The maximum absolute atomic E-state index is 13.8. The number of benzene rings is 1. The van der Waals surface area contributed by atoms with Gasteiger partial charge in [0.05, 0.1) is 41.1 Å². The molecule has 2 saturated heterocycles. The molecule has 90 heavy (non-hydrogen) atoms. The SMILES string of the molecule is CC(C)[C@H](NC(=O)[C@H](CCC(=O)O)NC(=O)[C@H](CC(=O)O)NNCCCCCNC(=O)CCCCNC(=O)CCCC[C@@H]1SC[C@@H]2NC(=O)N[C@@H]21)C(=O)N[C@@H](CC(=O)O)C(=O)NCCCCC(C(N)=O)C(=O)Cc1ccc2nc(C3=N[C@@H](C(=O)O)CS3)sc2c1. The molecule has 0 spiro atoms. The van der Waals surface area contributed by atoms with Gasteiger partial charge in [-0.25, -0.2) is 20.0 Å². The van der Waals surface area contributed by atoms with Crippen molar-refractivity contribution in [3.05, 3.63) is 28.8 Å². The first-order chi connectivity index (χ1) is 42.9. The zero-order chi connectivity index (χ0) is 65.9. The molecule has 0 saturated carbocycles. The first-order valence-electron chi connectivity index (χ1n) is 30.1. The van der Waals surface area contributed by atoms with Crippen LogP contribution in [0.15, 0.2) is 23.2 Å². The molecule has 2 fully saturated rings. The Morgan fingerprint density at radius 1 is 0.667 bits per heavy atom. The van der Waals surface area contributed by atoms with Gasteiger partial charge < -0.3 is 68.7 Å². The van der Waals surface area contributed by atoms with E-state index in [0.717, 1.165) is 29.7 Å². The van der Waals surface area contributed by atoms with Gasteiger partial charge in [-0.2, -0.15) is 11.8 Å². The van der Waals surface area contributed by atoms with E-state index in [1.807, 2.05) is 11.8 Å². The lowest BCUT2D eigenvalue weighted by Gasteiger charge is -2.27. The van der Waals surface area contributed by atoms with Crippen LogP contribution in [0.5, 0.6) is 0 Å². The normalized spacial score (nSPS) is 18.3. The molecule has 1 unspecified atom stereocenters. The molecule has 9 atom stereocenters. The lowest BCUT2D eigenvalue weighted by Crippen LogP contribution is -2.60. The van der Waals surface area contributed by atoms with Gasteiger partial charge >= 0.3 is 29.9 Å². The number of thioether (sulfide) groups is 2. The maximum atomic E-state index is 13.8. The number of amides is 9. The molecule has 5 rings (SSSR count). The average Bonchev–Trinajstić information content (AvgIpc) is 1.75. The van der Waals surface area contributed by atoms with Crippen LogP contribution < -0.4 is 59.1 Å². The van der Waals surface area contributed by atoms with Crippen molar-refractivity contribution < 1.29 is 82.8 Å². The van der Waals surface area contributed by atoms with E-state index in [1.165, 1.54) is 36.9 Å². The van der Waals surface area contributed by atoms with Gasteiger partial charge in [-0.3, -0.25) is 63.2 Å². The van der Waals surface area contributed by atoms with E-state index in [4.69, 9.17) is 5.73 Å². The molecule has 3 aliphatic rings. The van der Waals surface area contributed by atoms with Crippen molar-refractivity contribution in [3.8, 4) is 0 Å². The summed E-state index contributed by atoms with van der Waals surface area (Å²) in [4.78, 5) is 172. The number of carbonyl (C=O) groups is 13. The third-order valence-electron chi connectivity index (χ3n) is 14.9. The molecule has 3 aliphatic heterocycles. The Morgan fingerprint density at radius 3 is 1.96 bits per heavy atom. The van der Waals surface area contributed by atoms with E-state index in [9.17, 15) is 82.8 Å². The van der Waals surface area contributed by atoms with Gasteiger partial charge in [0, 0.05) is 68.6 Å². The topological polar surface area (TPSA) is 474 Å². The number of hydrogen-bond donors (Lipinski definition) is 15. The number of unbranched alkanes of at least 4 members (excludes halogenated alkanes) is 5. The van der Waals surface area contributed by atoms with Crippen LogP contribution in [0.3, 0.4) is 0 Å². The van der Waals surface area contributed by atoms with Crippen LogP contribution in [0.2, 0.25) is 0 Å². The second-order valence-electron chi connectivity index (χ2n) is 22.5. The highest BCUT2D eigenvalue weighted by molar-refractivity contribution is 8.15. The zero-order valence-electron chi connectivity index (χ0n) is 50.3. The molecule has 1 aromatic carbocycles. The Kier molecular flexibility index (Phi) is 30.6. The number of Topliss-reactive ketones (excluding diaryl/α,β-unsaturated/α-hetero) is 1. The molecular weight excluding hydrogens is 1230 g/mol. The zero-order valence-corrected chi connectivity index (χ0v) is 52.7. The molecule has 16 N–H and O–H groups in total. The quantitative estimate of drug-likeness (QED) is 0.0185. The summed E-state index contributed by atoms with van der Waals surface area (Å²) in [6.07, 6.45) is 3.84. The number of rotatable bonds is 44. The fraction of sp³-hybridized carbons (Fsp3) is 0.632. The van der Waals surface area contributed by atoms with Crippen molar-refractivity contribution in [2.24, 2.45) is 22.6 Å². The largest absolute Gasteiger partial charge is 0.481 e. The van der Waals surface area contributed by atoms with Crippen molar-refractivity contribution in [3.63, 3.8) is 0 Å². The van der Waals surface area contributed by atoms with Crippen molar-refractivity contribution in [2.45, 2.75) is 177 Å². The molecule has 9 amide bonds. The van der Waals surface area contributed by atoms with Crippen LogP contribution in [0.4, 0.5) is 4.79 Å². The van der Waals surface area contributed by atoms with Gasteiger partial charge in [0.1, 0.15) is 40.0 Å². The molecule has 33 heteroatoms. The van der Waals surface area contributed by atoms with Gasteiger partial charge in [0.15, 0.2) is 6.04 Å². The van der Waals surface area contributed by atoms with E-state index >= 15 is 0 Å². The number of thiazole rings is 1. The number of nitrogens with one attached hydrogen (secondary N) is 10. The van der Waals surface area contributed by atoms with E-state index in [2.05, 4.69) is 63.4 Å². The first-order valence-corrected chi connectivity index (χ1v) is 32.9. The molecule has 0 bridgehead atoms. The number of primary amides is 1. The second kappa shape index (κ2) is 37.6. The van der Waals surface area contributed by atoms with Crippen molar-refractivity contribution in [1.82, 2.24) is 58.4 Å². The molecular formula is C57H83N13O17S3. The molecule has 1 aromatic heterocycles. The standard InChI is InChI=1S/C57H83N13O17S3/c1-30(2)47(53(84)64-35(26-45(76)77)50(81)61-22-10-6-12-32(49(58)80)39(71)24-31-16-17-33-41(25-31)90-55(65-33)54-66-38(29-89-54)56(85)86)68-51(82)34(18-19-44(74)75)63-52(83)36(27-46(78)79)70-62-23-9-3-8-20-59-43(73)15-7-11-21-60-42(72)14-5-4-13-40-48-37(28-88-40)67-57(87)69-48/h16-17,25,30,32,34-38,40,47-48,62,70H,3-15,18-24,26-29H2,1-2H3,(H2,58,80)(H,59,73)(H,60,72)(H,61,81)(H,63,83)(H,64,84)(H,68,82)(H,74,75)(H,76,77)(H,78,79)(H,85,86)(H2,67,69,87)/t32?,34-,35-,36-,37-,38+,40-,47-,48-/m0/s1. The van der Waals surface area contributed by atoms with Crippen LogP contribution in [0.1, 0.15) is 134 Å². The van der Waals surface area contributed by atoms with Crippen LogP contribution >= 0.6 is 34.9 Å². The highest BCUT2D eigenvalue weighted by atomic mass is 32.2. The van der Waals surface area contributed by atoms with Gasteiger partial charge in [0.25, 0.3) is 0 Å². The van der Waals surface area contributed by atoms with Crippen LogP contribution in [-0.2, 0) is 64.0 Å². The number of fused-ring (bicyclic) bond motifs is 2. The number of nitrogens with two attached hydrogens (primary N) is 1. The number of hydrazine groups is 1. The molecule has 0 radical (unpaired) electrons. The van der Waals surface area contributed by atoms with Crippen LogP contribution in [0.25, 0.3) is 10.2 Å². The number of aromatic nitrogens is 1. The number of nitrogens with zero attached hydrogens (tertiary/aromatic N) is 2. The Labute approximate surface area is 531 Å². The molecule has 0 aliphatic carbocycles. The third-order valence-corrected chi connectivity index (χ3v) is 18.7. The van der Waals surface area contributed by atoms with E-state index < -0.39 is 127 Å². The van der Waals surface area contributed by atoms with E-state index in [-0.39, 0.29) is 68.7 Å². The number of ketones is 1. The van der Waals surface area contributed by atoms with Crippen LogP contribution in [0, 0.1) is 11.8 Å². The average molecular weight is 1320 g/mol. The van der Waals surface area contributed by atoms with Crippen molar-refractivity contribution in [2.75, 3.05) is 37.7 Å². The Hall–Kier alpha value is -7.49. The summed E-state index contributed by atoms with van der Waals surface area (Å²) in [7, 11) is 0. The monoisotopic (exact) mass is 1320 g/mol. The number of hydrogen-bond acceptors (Lipinski definition) is 20. The maximum Gasteiger partial charge on any atom is 0.329 e. The second-order valence-corrected chi connectivity index (χ2v) is 25.8. The van der Waals surface area contributed by atoms with Gasteiger partial charge in [0.2, 0.25) is 41.4 Å². The summed E-state index contributed by atoms with van der Waals surface area (Å²) in [5, 5.41) is 60.8. The minimum Gasteiger partial charge on any atom is -0.481 e. The fourth-order valence-corrected chi connectivity index (χ4v) is 13.7. The summed E-state index contributed by atoms with van der Waals surface area (Å²) in [5.41, 5.74) is 12.3. The minimum absolute atomic E-state index is 0.0254. The highest BCUT2D eigenvalue weighted by Gasteiger charge is 2.43. The number of carboxylic acid groups (broad SMARTS) is 4. The summed E-state index contributed by atoms with van der Waals surface area (Å²) in [6, 6.07) is -1.74. The number of urea groups is 1. The van der Waals surface area contributed by atoms with Gasteiger partial charge in [-0.15, -0.1) is 23.1 Å². The van der Waals surface area contributed by atoms with Gasteiger partial charge in [-0.1, -0.05) is 39.2 Å². The van der Waals surface area contributed by atoms with Crippen LogP contribution in [-0.4, -0.2) is 193 Å². The molecule has 30 nitrogen and oxygen atoms in total. The van der Waals surface area contributed by atoms with E-state index in [0.29, 0.717) is 90.2 Å². The minimum atomic E-state index is -1.67. The summed E-state index contributed by atoms with van der Waals surface area (Å²) >= 11 is 4.42. The Bertz CT molecular complexity index is 2930. The number of aliphatic imine (C=N–C) groups is 1. The number of carboxylic acids is 4. The van der Waals surface area contributed by atoms with Crippen molar-refractivity contribution >= 4 is 127 Å². The number of aliphatic carboxylic acids is 4. The summed E-state index contributed by atoms with van der Waals surface area (Å²) in [5.74, 6) is -11.4. The van der Waals surface area contributed by atoms with E-state index in [1.54, 1.807) is 18.2 Å². The lowest BCUT2D eigenvalue weighted by molar-refractivity contribution is -0.142. The summed E-state index contributed by atoms with van der Waals surface area (Å²) in [6.45, 7) is 4.09. The Morgan fingerprint density at radius 2 is 1.30 bits per heavy atom. The molecule has 496 valence electrons. The lowest BCUT2D eigenvalue weighted by atomic mass is 9.92. The first kappa shape index (κ1) is 73.2. The highest BCUT2D eigenvalue weighted by Crippen LogP contribution is 2.34. The van der Waals surface area contributed by atoms with Gasteiger partial charge in [-0.05, 0) is 81.4 Å². The third kappa shape index (κ3) is 25.1. The fourth-order valence-electron chi connectivity index (χ4n) is 10.0. The van der Waals surface area contributed by atoms with Crippen molar-refractivity contribution in [1.29, 1.82) is 0 Å².